The van der Waals surface area contributed by atoms with Crippen molar-refractivity contribution in [2.24, 2.45) is 0 Å². The molecular formula is C30H23N. The SMILES string of the molecule is C(=C/c1cccc2ccccc12)/c1ccc(-c2ccc(Nc3ccccc3)cc2)cc1. The van der Waals surface area contributed by atoms with Gasteiger partial charge in [-0.2, -0.15) is 0 Å². The molecule has 0 atom stereocenters. The van der Waals surface area contributed by atoms with Crippen LogP contribution in [-0.2, 0) is 0 Å². The summed E-state index contributed by atoms with van der Waals surface area (Å²) < 4.78 is 0. The Bertz CT molecular complexity index is 1310. The predicted molar refractivity (Wildman–Crippen MR) is 134 cm³/mol. The minimum atomic E-state index is 1.09. The Morgan fingerprint density at radius 2 is 1.06 bits per heavy atom. The van der Waals surface area contributed by atoms with E-state index in [1.807, 2.05) is 18.2 Å². The van der Waals surface area contributed by atoms with Crippen molar-refractivity contribution in [1.82, 2.24) is 0 Å². The van der Waals surface area contributed by atoms with Crippen molar-refractivity contribution in [3.63, 3.8) is 0 Å². The van der Waals surface area contributed by atoms with Gasteiger partial charge in [-0.1, -0.05) is 109 Å². The molecule has 0 aliphatic rings. The molecule has 1 N–H and O–H groups in total. The summed E-state index contributed by atoms with van der Waals surface area (Å²) in [6.07, 6.45) is 4.37. The summed E-state index contributed by atoms with van der Waals surface area (Å²) in [4.78, 5) is 0. The van der Waals surface area contributed by atoms with Crippen LogP contribution in [0.4, 0.5) is 11.4 Å². The minimum absolute atomic E-state index is 1.09. The Balaban J connectivity index is 1.31. The fourth-order valence-electron chi connectivity index (χ4n) is 3.80. The summed E-state index contributed by atoms with van der Waals surface area (Å²) in [6.45, 7) is 0. The summed E-state index contributed by atoms with van der Waals surface area (Å²) in [5.41, 5.74) is 7.04. The lowest BCUT2D eigenvalue weighted by atomic mass is 10.0. The monoisotopic (exact) mass is 397 g/mol. The second-order valence-corrected chi connectivity index (χ2v) is 7.59. The molecule has 1 heteroatoms. The van der Waals surface area contributed by atoms with Crippen LogP contribution in [0.5, 0.6) is 0 Å². The van der Waals surface area contributed by atoms with E-state index in [1.54, 1.807) is 0 Å². The van der Waals surface area contributed by atoms with Crippen LogP contribution in [0.25, 0.3) is 34.1 Å². The van der Waals surface area contributed by atoms with Crippen LogP contribution >= 0.6 is 0 Å². The van der Waals surface area contributed by atoms with Crippen molar-refractivity contribution in [2.75, 3.05) is 5.32 Å². The lowest BCUT2D eigenvalue weighted by Gasteiger charge is -2.08. The van der Waals surface area contributed by atoms with Gasteiger partial charge in [0.1, 0.15) is 0 Å². The Labute approximate surface area is 183 Å². The van der Waals surface area contributed by atoms with Crippen molar-refractivity contribution in [3.8, 4) is 11.1 Å². The highest BCUT2D eigenvalue weighted by molar-refractivity contribution is 5.92. The third-order valence-corrected chi connectivity index (χ3v) is 5.47. The summed E-state index contributed by atoms with van der Waals surface area (Å²) in [5, 5.41) is 5.98. The number of rotatable bonds is 5. The van der Waals surface area contributed by atoms with E-state index in [4.69, 9.17) is 0 Å². The van der Waals surface area contributed by atoms with Crippen LogP contribution in [0.15, 0.2) is 121 Å². The van der Waals surface area contributed by atoms with Gasteiger partial charge < -0.3 is 5.32 Å². The second-order valence-electron chi connectivity index (χ2n) is 7.59. The Hall–Kier alpha value is -4.10. The van der Waals surface area contributed by atoms with E-state index < -0.39 is 0 Å². The quantitative estimate of drug-likeness (QED) is 0.293. The van der Waals surface area contributed by atoms with Gasteiger partial charge in [-0.3, -0.25) is 0 Å². The first-order valence-electron chi connectivity index (χ1n) is 10.5. The fourth-order valence-corrected chi connectivity index (χ4v) is 3.80. The Kier molecular flexibility index (Phi) is 5.32. The third kappa shape index (κ3) is 4.41. The molecule has 0 aliphatic heterocycles. The molecule has 148 valence electrons. The molecule has 5 rings (SSSR count). The molecule has 0 unspecified atom stereocenters. The van der Waals surface area contributed by atoms with Crippen molar-refractivity contribution < 1.29 is 0 Å². The molecule has 0 bridgehead atoms. The molecule has 5 aromatic carbocycles. The molecule has 0 aliphatic carbocycles. The first-order chi connectivity index (χ1) is 15.3. The van der Waals surface area contributed by atoms with Gasteiger partial charge in [0.2, 0.25) is 0 Å². The second kappa shape index (κ2) is 8.73. The van der Waals surface area contributed by atoms with Gasteiger partial charge in [-0.15, -0.1) is 0 Å². The molecule has 31 heavy (non-hydrogen) atoms. The number of anilines is 2. The number of nitrogens with one attached hydrogen (secondary N) is 1. The Morgan fingerprint density at radius 3 is 1.84 bits per heavy atom. The van der Waals surface area contributed by atoms with E-state index in [2.05, 4.69) is 121 Å². The number of hydrogen-bond donors (Lipinski definition) is 1. The van der Waals surface area contributed by atoms with Crippen LogP contribution in [0.2, 0.25) is 0 Å². The van der Waals surface area contributed by atoms with Gasteiger partial charge in [0.15, 0.2) is 0 Å². The van der Waals surface area contributed by atoms with Crippen molar-refractivity contribution in [2.45, 2.75) is 0 Å². The molecule has 1 nitrogen and oxygen atoms in total. The zero-order valence-electron chi connectivity index (χ0n) is 17.2. The van der Waals surface area contributed by atoms with E-state index in [-0.39, 0.29) is 0 Å². The van der Waals surface area contributed by atoms with Crippen LogP contribution in [0.3, 0.4) is 0 Å². The number of fused-ring (bicyclic) bond motifs is 1. The highest BCUT2D eigenvalue weighted by atomic mass is 14.9. The van der Waals surface area contributed by atoms with E-state index in [1.165, 1.54) is 33.0 Å². The van der Waals surface area contributed by atoms with E-state index >= 15 is 0 Å². The van der Waals surface area contributed by atoms with Gasteiger partial charge in [0.25, 0.3) is 0 Å². The van der Waals surface area contributed by atoms with Gasteiger partial charge in [0.05, 0.1) is 0 Å². The number of para-hydroxylation sites is 1. The van der Waals surface area contributed by atoms with Crippen LogP contribution in [0.1, 0.15) is 11.1 Å². The van der Waals surface area contributed by atoms with E-state index in [0.29, 0.717) is 0 Å². The molecular weight excluding hydrogens is 374 g/mol. The molecule has 0 spiro atoms. The predicted octanol–water partition coefficient (Wildman–Crippen LogP) is 8.42. The fraction of sp³-hybridized carbons (Fsp3) is 0. The normalized spacial score (nSPS) is 11.1. The van der Waals surface area contributed by atoms with E-state index in [0.717, 1.165) is 11.4 Å². The van der Waals surface area contributed by atoms with Gasteiger partial charge in [-0.05, 0) is 57.3 Å². The Morgan fingerprint density at radius 1 is 0.452 bits per heavy atom. The van der Waals surface area contributed by atoms with Gasteiger partial charge in [0, 0.05) is 11.4 Å². The zero-order chi connectivity index (χ0) is 20.9. The van der Waals surface area contributed by atoms with E-state index in [9.17, 15) is 0 Å². The average molecular weight is 398 g/mol. The highest BCUT2D eigenvalue weighted by Crippen LogP contribution is 2.25. The lowest BCUT2D eigenvalue weighted by Crippen LogP contribution is -1.89. The molecule has 5 aromatic rings. The number of benzene rings is 5. The van der Waals surface area contributed by atoms with Crippen molar-refractivity contribution >= 4 is 34.3 Å². The van der Waals surface area contributed by atoms with Crippen LogP contribution in [-0.4, -0.2) is 0 Å². The maximum Gasteiger partial charge on any atom is 0.0384 e. The molecule has 0 saturated heterocycles. The largest absolute Gasteiger partial charge is 0.356 e. The van der Waals surface area contributed by atoms with Crippen LogP contribution in [0, 0.1) is 0 Å². The third-order valence-electron chi connectivity index (χ3n) is 5.47. The summed E-state index contributed by atoms with van der Waals surface area (Å²) >= 11 is 0. The van der Waals surface area contributed by atoms with Gasteiger partial charge in [-0.25, -0.2) is 0 Å². The molecule has 0 amide bonds. The molecule has 0 fully saturated rings. The van der Waals surface area contributed by atoms with Crippen molar-refractivity contribution in [3.05, 3.63) is 132 Å². The topological polar surface area (TPSA) is 12.0 Å². The molecule has 0 aromatic heterocycles. The molecule has 0 heterocycles. The summed E-state index contributed by atoms with van der Waals surface area (Å²) in [7, 11) is 0. The molecule has 0 saturated carbocycles. The summed E-state index contributed by atoms with van der Waals surface area (Å²) in [5.74, 6) is 0. The maximum absolute atomic E-state index is 3.43. The van der Waals surface area contributed by atoms with Gasteiger partial charge >= 0.3 is 0 Å². The minimum Gasteiger partial charge on any atom is -0.356 e. The highest BCUT2D eigenvalue weighted by Gasteiger charge is 2.00. The standard InChI is InChI=1S/C30H23N/c1-2-10-28(11-3-1)31-29-21-19-25(20-22-29)24-16-13-23(14-17-24)15-18-27-9-6-8-26-7-4-5-12-30(26)27/h1-22,31H/b18-15-. The summed E-state index contributed by atoms with van der Waals surface area (Å²) in [6, 6.07) is 42.4. The van der Waals surface area contributed by atoms with Crippen LogP contribution < -0.4 is 5.32 Å². The maximum atomic E-state index is 3.43. The molecule has 0 radical (unpaired) electrons. The number of hydrogen-bond acceptors (Lipinski definition) is 1. The first-order valence-corrected chi connectivity index (χ1v) is 10.5. The smallest absolute Gasteiger partial charge is 0.0384 e. The lowest BCUT2D eigenvalue weighted by molar-refractivity contribution is 1.54. The van der Waals surface area contributed by atoms with Crippen molar-refractivity contribution in [1.29, 1.82) is 0 Å². The average Bonchev–Trinajstić information content (AvgIpc) is 2.84. The first kappa shape index (κ1) is 18.9. The zero-order valence-corrected chi connectivity index (χ0v) is 17.2.